The lowest BCUT2D eigenvalue weighted by Gasteiger charge is -2.35. The molecule has 0 radical (unpaired) electrons. The van der Waals surface area contributed by atoms with Crippen molar-refractivity contribution in [2.24, 2.45) is 0 Å². The van der Waals surface area contributed by atoms with Crippen molar-refractivity contribution >= 4 is 0 Å². The average Bonchev–Trinajstić information content (AvgIpc) is 2.30. The molecule has 0 saturated carbocycles. The molecule has 1 aliphatic heterocycles. The lowest BCUT2D eigenvalue weighted by molar-refractivity contribution is -0.475. The van der Waals surface area contributed by atoms with Crippen molar-refractivity contribution in [2.45, 2.75) is 12.2 Å². The Labute approximate surface area is 94.4 Å². The summed E-state index contributed by atoms with van der Waals surface area (Å²) in [5.74, 6) is 0. The molecule has 0 N–H and O–H groups in total. The molecule has 1 aliphatic rings. The first-order valence-electron chi connectivity index (χ1n) is 5.37. The molecule has 2 aromatic carbocycles. The average molecular weight is 212 g/mol. The third-order valence-electron chi connectivity index (χ3n) is 2.79. The first kappa shape index (κ1) is 9.58. The van der Waals surface area contributed by atoms with Gasteiger partial charge >= 0.3 is 0 Å². The van der Waals surface area contributed by atoms with Gasteiger partial charge in [-0.2, -0.15) is 0 Å². The maximum absolute atomic E-state index is 5.18. The Morgan fingerprint density at radius 2 is 0.938 bits per heavy atom. The molecule has 80 valence electrons. The Bertz CT molecular complexity index is 407. The standard InChI is InChI=1S/C14H12O2/c1-3-7-11(8-4-1)13-14(16-15-13)12-9-5-2-6-10-12/h1-10,13-14H. The molecule has 3 rings (SSSR count). The van der Waals surface area contributed by atoms with Gasteiger partial charge in [-0.15, -0.1) is 0 Å². The lowest BCUT2D eigenvalue weighted by atomic mass is 9.97. The Morgan fingerprint density at radius 3 is 1.25 bits per heavy atom. The van der Waals surface area contributed by atoms with E-state index in [4.69, 9.17) is 9.78 Å². The first-order chi connectivity index (χ1) is 7.95. The van der Waals surface area contributed by atoms with Gasteiger partial charge in [-0.3, -0.25) is 0 Å². The Morgan fingerprint density at radius 1 is 0.562 bits per heavy atom. The van der Waals surface area contributed by atoms with Gasteiger partial charge in [0.25, 0.3) is 0 Å². The summed E-state index contributed by atoms with van der Waals surface area (Å²) in [5, 5.41) is 0. The van der Waals surface area contributed by atoms with Crippen LogP contribution in [0.4, 0.5) is 0 Å². The van der Waals surface area contributed by atoms with Crippen LogP contribution in [-0.4, -0.2) is 0 Å². The molecular formula is C14H12O2. The molecule has 1 heterocycles. The Balaban J connectivity index is 1.85. The number of benzene rings is 2. The van der Waals surface area contributed by atoms with E-state index in [1.54, 1.807) is 0 Å². The topological polar surface area (TPSA) is 18.5 Å². The smallest absolute Gasteiger partial charge is 0.151 e. The lowest BCUT2D eigenvalue weighted by Crippen LogP contribution is -2.27. The molecule has 2 atom stereocenters. The van der Waals surface area contributed by atoms with Crippen LogP contribution < -0.4 is 0 Å². The second-order valence-electron chi connectivity index (χ2n) is 3.86. The fourth-order valence-electron chi connectivity index (χ4n) is 1.91. The van der Waals surface area contributed by atoms with Gasteiger partial charge in [-0.05, 0) is 11.1 Å². The molecule has 16 heavy (non-hydrogen) atoms. The van der Waals surface area contributed by atoms with Crippen molar-refractivity contribution in [1.29, 1.82) is 0 Å². The van der Waals surface area contributed by atoms with Crippen molar-refractivity contribution in [3.8, 4) is 0 Å². The zero-order valence-electron chi connectivity index (χ0n) is 8.74. The van der Waals surface area contributed by atoms with Gasteiger partial charge in [-0.25, -0.2) is 9.78 Å². The predicted octanol–water partition coefficient (Wildman–Crippen LogP) is 3.43. The van der Waals surface area contributed by atoms with Gasteiger partial charge in [0.2, 0.25) is 0 Å². The molecule has 2 aromatic rings. The van der Waals surface area contributed by atoms with Gasteiger partial charge in [0, 0.05) is 0 Å². The quantitative estimate of drug-likeness (QED) is 0.710. The summed E-state index contributed by atoms with van der Waals surface area (Å²) in [5.41, 5.74) is 2.31. The SMILES string of the molecule is c1ccc(C2OOC2c2ccccc2)cc1. The van der Waals surface area contributed by atoms with Crippen molar-refractivity contribution in [3.63, 3.8) is 0 Å². The zero-order valence-corrected chi connectivity index (χ0v) is 8.74. The maximum atomic E-state index is 5.18. The minimum Gasteiger partial charge on any atom is -0.224 e. The van der Waals surface area contributed by atoms with Crippen molar-refractivity contribution in [1.82, 2.24) is 0 Å². The van der Waals surface area contributed by atoms with Crippen molar-refractivity contribution in [2.75, 3.05) is 0 Å². The van der Waals surface area contributed by atoms with Crippen LogP contribution in [0.15, 0.2) is 60.7 Å². The van der Waals surface area contributed by atoms with E-state index in [0.717, 1.165) is 11.1 Å². The fourth-order valence-corrected chi connectivity index (χ4v) is 1.91. The number of hydrogen-bond donors (Lipinski definition) is 0. The highest BCUT2D eigenvalue weighted by Gasteiger charge is 2.37. The fraction of sp³-hybridized carbons (Fsp3) is 0.143. The third kappa shape index (κ3) is 1.62. The van der Waals surface area contributed by atoms with Crippen LogP contribution in [0.2, 0.25) is 0 Å². The van der Waals surface area contributed by atoms with Crippen LogP contribution >= 0.6 is 0 Å². The van der Waals surface area contributed by atoms with E-state index in [-0.39, 0.29) is 12.2 Å². The summed E-state index contributed by atoms with van der Waals surface area (Å²) < 4.78 is 0. The molecule has 0 amide bonds. The van der Waals surface area contributed by atoms with Gasteiger partial charge in [-0.1, -0.05) is 60.7 Å². The van der Waals surface area contributed by atoms with Crippen LogP contribution in [0.25, 0.3) is 0 Å². The molecule has 0 aromatic heterocycles. The molecular weight excluding hydrogens is 200 g/mol. The van der Waals surface area contributed by atoms with E-state index in [2.05, 4.69) is 24.3 Å². The highest BCUT2D eigenvalue weighted by atomic mass is 17.2. The van der Waals surface area contributed by atoms with E-state index < -0.39 is 0 Å². The van der Waals surface area contributed by atoms with E-state index in [1.807, 2.05) is 36.4 Å². The van der Waals surface area contributed by atoms with Crippen LogP contribution in [0.1, 0.15) is 23.3 Å². The van der Waals surface area contributed by atoms with Gasteiger partial charge in [0.1, 0.15) is 0 Å². The summed E-state index contributed by atoms with van der Waals surface area (Å²) >= 11 is 0. The largest absolute Gasteiger partial charge is 0.224 e. The highest BCUT2D eigenvalue weighted by molar-refractivity contribution is 5.26. The Kier molecular flexibility index (Phi) is 2.44. The number of rotatable bonds is 2. The van der Waals surface area contributed by atoms with E-state index in [0.29, 0.717) is 0 Å². The van der Waals surface area contributed by atoms with Gasteiger partial charge < -0.3 is 0 Å². The van der Waals surface area contributed by atoms with Crippen LogP contribution in [0, 0.1) is 0 Å². The van der Waals surface area contributed by atoms with Crippen LogP contribution in [-0.2, 0) is 9.78 Å². The van der Waals surface area contributed by atoms with Crippen molar-refractivity contribution in [3.05, 3.63) is 71.8 Å². The van der Waals surface area contributed by atoms with E-state index >= 15 is 0 Å². The van der Waals surface area contributed by atoms with Crippen LogP contribution in [0.3, 0.4) is 0 Å². The third-order valence-corrected chi connectivity index (χ3v) is 2.79. The molecule has 2 nitrogen and oxygen atoms in total. The first-order valence-corrected chi connectivity index (χ1v) is 5.37. The summed E-state index contributed by atoms with van der Waals surface area (Å²) in [6.07, 6.45) is 0.0344. The highest BCUT2D eigenvalue weighted by Crippen LogP contribution is 2.43. The monoisotopic (exact) mass is 212 g/mol. The van der Waals surface area contributed by atoms with E-state index in [9.17, 15) is 0 Å². The molecule has 1 fully saturated rings. The van der Waals surface area contributed by atoms with Gasteiger partial charge in [0.05, 0.1) is 0 Å². The minimum atomic E-state index is 0.0172. The molecule has 1 saturated heterocycles. The zero-order chi connectivity index (χ0) is 10.8. The van der Waals surface area contributed by atoms with Crippen molar-refractivity contribution < 1.29 is 9.78 Å². The minimum absolute atomic E-state index is 0.0172. The molecule has 2 unspecified atom stereocenters. The van der Waals surface area contributed by atoms with Gasteiger partial charge in [0.15, 0.2) is 12.2 Å². The normalized spacial score (nSPS) is 23.8. The van der Waals surface area contributed by atoms with Crippen LogP contribution in [0.5, 0.6) is 0 Å². The Hall–Kier alpha value is -1.64. The second kappa shape index (κ2) is 4.08. The summed E-state index contributed by atoms with van der Waals surface area (Å²) in [7, 11) is 0. The maximum Gasteiger partial charge on any atom is 0.151 e. The predicted molar refractivity (Wildman–Crippen MR) is 60.5 cm³/mol. The molecule has 0 bridgehead atoms. The molecule has 2 heteroatoms. The summed E-state index contributed by atoms with van der Waals surface area (Å²) in [6, 6.07) is 20.3. The summed E-state index contributed by atoms with van der Waals surface area (Å²) in [4.78, 5) is 10.4. The second-order valence-corrected chi connectivity index (χ2v) is 3.86. The summed E-state index contributed by atoms with van der Waals surface area (Å²) in [6.45, 7) is 0. The molecule has 0 aliphatic carbocycles. The van der Waals surface area contributed by atoms with E-state index in [1.165, 1.54) is 0 Å². The number of hydrogen-bond acceptors (Lipinski definition) is 2. The molecule has 0 spiro atoms.